The molecule has 0 saturated heterocycles. The fourth-order valence-corrected chi connectivity index (χ4v) is 3.13. The number of thioether (sulfide) groups is 1. The largest absolute Gasteiger partial charge is 0.326 e. The molecular formula is C20H22N4O2S. The van der Waals surface area contributed by atoms with Crippen molar-refractivity contribution in [3.05, 3.63) is 47.7 Å². The number of hydrogen-bond donors (Lipinski definition) is 2. The van der Waals surface area contributed by atoms with Gasteiger partial charge in [-0.15, -0.1) is 0 Å². The zero-order valence-corrected chi connectivity index (χ0v) is 16.2. The van der Waals surface area contributed by atoms with Gasteiger partial charge in [0.15, 0.2) is 0 Å². The van der Waals surface area contributed by atoms with Gasteiger partial charge < -0.3 is 10.6 Å². The lowest BCUT2D eigenvalue weighted by Crippen LogP contribution is -2.14. The number of unbranched alkanes of at least 4 members (excludes halogenated alkanes) is 1. The number of rotatable bonds is 8. The molecule has 1 aromatic carbocycles. The Morgan fingerprint density at radius 2 is 1.78 bits per heavy atom. The number of amides is 2. The Morgan fingerprint density at radius 1 is 1.11 bits per heavy atom. The van der Waals surface area contributed by atoms with Crippen LogP contribution in [0.2, 0.25) is 0 Å². The van der Waals surface area contributed by atoms with Crippen LogP contribution in [0.4, 0.5) is 11.4 Å². The van der Waals surface area contributed by atoms with Crippen LogP contribution in [0, 0.1) is 11.3 Å². The summed E-state index contributed by atoms with van der Waals surface area (Å²) in [6, 6.07) is 12.6. The Morgan fingerprint density at radius 3 is 2.37 bits per heavy atom. The van der Waals surface area contributed by atoms with Crippen molar-refractivity contribution in [3.63, 3.8) is 0 Å². The van der Waals surface area contributed by atoms with Crippen molar-refractivity contribution in [1.29, 1.82) is 5.26 Å². The highest BCUT2D eigenvalue weighted by molar-refractivity contribution is 8.00. The molecule has 0 fully saturated rings. The van der Waals surface area contributed by atoms with Crippen molar-refractivity contribution in [3.8, 4) is 6.07 Å². The molecule has 0 aliphatic rings. The van der Waals surface area contributed by atoms with Crippen LogP contribution in [0.5, 0.6) is 0 Å². The maximum Gasteiger partial charge on any atom is 0.234 e. The van der Waals surface area contributed by atoms with Crippen LogP contribution in [0.1, 0.15) is 37.9 Å². The molecule has 140 valence electrons. The maximum absolute atomic E-state index is 12.2. The summed E-state index contributed by atoms with van der Waals surface area (Å²) in [5.41, 5.74) is 2.72. The number of carbonyl (C=O) groups is 2. The van der Waals surface area contributed by atoms with Crippen LogP contribution < -0.4 is 10.6 Å². The van der Waals surface area contributed by atoms with E-state index in [2.05, 4.69) is 28.6 Å². The van der Waals surface area contributed by atoms with E-state index in [0.717, 1.165) is 25.0 Å². The van der Waals surface area contributed by atoms with Crippen molar-refractivity contribution >= 4 is 35.0 Å². The van der Waals surface area contributed by atoms with E-state index in [1.54, 1.807) is 30.3 Å². The highest BCUT2D eigenvalue weighted by Crippen LogP contribution is 2.22. The molecule has 6 nitrogen and oxygen atoms in total. The van der Waals surface area contributed by atoms with Gasteiger partial charge in [0.05, 0.1) is 11.3 Å². The molecule has 0 unspecified atom stereocenters. The molecule has 27 heavy (non-hydrogen) atoms. The summed E-state index contributed by atoms with van der Waals surface area (Å²) in [5, 5.41) is 15.3. The number of aromatic nitrogens is 1. The number of pyridine rings is 1. The number of carbonyl (C=O) groups excluding carboxylic acids is 2. The molecule has 0 aliphatic carbocycles. The zero-order valence-electron chi connectivity index (χ0n) is 15.4. The maximum atomic E-state index is 12.2. The molecule has 1 heterocycles. The van der Waals surface area contributed by atoms with E-state index in [1.165, 1.54) is 18.7 Å². The number of nitrogens with zero attached hydrogens (tertiary/aromatic N) is 2. The summed E-state index contributed by atoms with van der Waals surface area (Å²) in [4.78, 5) is 27.7. The first kappa shape index (κ1) is 20.5. The number of hydrogen-bond acceptors (Lipinski definition) is 5. The summed E-state index contributed by atoms with van der Waals surface area (Å²) in [6.45, 7) is 3.56. The van der Waals surface area contributed by atoms with Crippen molar-refractivity contribution in [2.24, 2.45) is 0 Å². The Bertz CT molecular complexity index is 844. The van der Waals surface area contributed by atoms with Crippen LogP contribution in [0.15, 0.2) is 41.4 Å². The third-order valence-electron chi connectivity index (χ3n) is 3.65. The molecule has 0 saturated carbocycles. The van der Waals surface area contributed by atoms with Crippen molar-refractivity contribution in [1.82, 2.24) is 4.98 Å². The second kappa shape index (κ2) is 10.3. The predicted molar refractivity (Wildman–Crippen MR) is 108 cm³/mol. The fourth-order valence-electron chi connectivity index (χ4n) is 2.34. The number of anilines is 2. The minimum atomic E-state index is -0.183. The molecule has 0 aliphatic heterocycles. The normalized spacial score (nSPS) is 10.1. The number of aryl methyl sites for hydroxylation is 1. The molecule has 7 heteroatoms. The lowest BCUT2D eigenvalue weighted by molar-refractivity contribution is -0.114. The Labute approximate surface area is 163 Å². The van der Waals surface area contributed by atoms with Gasteiger partial charge in [-0.1, -0.05) is 25.1 Å². The monoisotopic (exact) mass is 382 g/mol. The van der Waals surface area contributed by atoms with Gasteiger partial charge in [-0.25, -0.2) is 4.98 Å². The molecule has 2 amide bonds. The van der Waals surface area contributed by atoms with Gasteiger partial charge in [0.25, 0.3) is 0 Å². The van der Waals surface area contributed by atoms with Gasteiger partial charge in [-0.05, 0) is 49.2 Å². The van der Waals surface area contributed by atoms with E-state index in [1.807, 2.05) is 6.07 Å². The van der Waals surface area contributed by atoms with Gasteiger partial charge in [0.2, 0.25) is 11.8 Å². The van der Waals surface area contributed by atoms with E-state index in [0.29, 0.717) is 22.0 Å². The Hall–Kier alpha value is -2.85. The lowest BCUT2D eigenvalue weighted by Gasteiger charge is -2.08. The van der Waals surface area contributed by atoms with Crippen LogP contribution in [-0.2, 0) is 16.0 Å². The highest BCUT2D eigenvalue weighted by Gasteiger charge is 2.10. The zero-order chi connectivity index (χ0) is 19.6. The summed E-state index contributed by atoms with van der Waals surface area (Å²) in [6.07, 6.45) is 2.98. The van der Waals surface area contributed by atoms with Gasteiger partial charge in [-0.3, -0.25) is 9.59 Å². The lowest BCUT2D eigenvalue weighted by atomic mass is 10.2. The van der Waals surface area contributed by atoms with Crippen LogP contribution in [0.25, 0.3) is 0 Å². The third kappa shape index (κ3) is 6.76. The van der Waals surface area contributed by atoms with Gasteiger partial charge in [0.1, 0.15) is 11.1 Å². The molecule has 0 atom stereocenters. The smallest absolute Gasteiger partial charge is 0.234 e. The summed E-state index contributed by atoms with van der Waals surface area (Å²) in [5.74, 6) is -0.172. The minimum absolute atomic E-state index is 0.148. The average molecular weight is 382 g/mol. The van der Waals surface area contributed by atoms with Crippen molar-refractivity contribution in [2.45, 2.75) is 38.1 Å². The number of nitriles is 1. The first-order valence-electron chi connectivity index (χ1n) is 8.72. The van der Waals surface area contributed by atoms with Crippen molar-refractivity contribution in [2.75, 3.05) is 16.4 Å². The van der Waals surface area contributed by atoms with Gasteiger partial charge in [0, 0.05) is 24.0 Å². The molecule has 0 bridgehead atoms. The standard InChI is InChI=1S/C20H22N4O2S/c1-3-4-5-16-7-6-15(12-21)20(24-16)27-13-19(26)23-18-10-8-17(9-11-18)22-14(2)25/h6-11H,3-5,13H2,1-2H3,(H,22,25)(H,23,26). The highest BCUT2D eigenvalue weighted by atomic mass is 32.2. The topological polar surface area (TPSA) is 94.9 Å². The van der Waals surface area contributed by atoms with Crippen molar-refractivity contribution < 1.29 is 9.59 Å². The van der Waals surface area contributed by atoms with Crippen LogP contribution in [-0.4, -0.2) is 22.6 Å². The predicted octanol–water partition coefficient (Wildman–Crippen LogP) is 3.99. The SMILES string of the molecule is CCCCc1ccc(C#N)c(SCC(=O)Nc2ccc(NC(C)=O)cc2)n1. The minimum Gasteiger partial charge on any atom is -0.326 e. The number of benzene rings is 1. The van der Waals surface area contributed by atoms with E-state index >= 15 is 0 Å². The van der Waals surface area contributed by atoms with E-state index in [9.17, 15) is 14.9 Å². The van der Waals surface area contributed by atoms with Crippen LogP contribution in [0.3, 0.4) is 0 Å². The summed E-state index contributed by atoms with van der Waals surface area (Å²) in [7, 11) is 0. The van der Waals surface area contributed by atoms with E-state index in [-0.39, 0.29) is 17.6 Å². The summed E-state index contributed by atoms with van der Waals surface area (Å²) >= 11 is 1.26. The average Bonchev–Trinajstić information content (AvgIpc) is 2.66. The molecule has 0 radical (unpaired) electrons. The third-order valence-corrected chi connectivity index (χ3v) is 4.65. The number of nitrogens with one attached hydrogen (secondary N) is 2. The molecule has 2 aromatic rings. The molecule has 1 aromatic heterocycles. The second-order valence-electron chi connectivity index (χ2n) is 5.97. The van der Waals surface area contributed by atoms with Gasteiger partial charge in [-0.2, -0.15) is 5.26 Å². The molecular weight excluding hydrogens is 360 g/mol. The summed E-state index contributed by atoms with van der Waals surface area (Å²) < 4.78 is 0. The Kier molecular flexibility index (Phi) is 7.83. The fraction of sp³-hybridized carbons (Fsp3) is 0.300. The van der Waals surface area contributed by atoms with E-state index < -0.39 is 0 Å². The molecule has 2 rings (SSSR count). The first-order chi connectivity index (χ1) is 13.0. The quantitative estimate of drug-likeness (QED) is 0.673. The Balaban J connectivity index is 1.94. The first-order valence-corrected chi connectivity index (χ1v) is 9.70. The van der Waals surface area contributed by atoms with Gasteiger partial charge >= 0.3 is 0 Å². The second-order valence-corrected chi connectivity index (χ2v) is 6.93. The molecule has 2 N–H and O–H groups in total. The van der Waals surface area contributed by atoms with E-state index in [4.69, 9.17) is 0 Å². The van der Waals surface area contributed by atoms with Crippen LogP contribution >= 0.6 is 11.8 Å². The molecule has 0 spiro atoms.